The number of nitrogens with zero attached hydrogens (tertiary/aromatic N) is 4. The average Bonchev–Trinajstić information content (AvgIpc) is 3.90. The minimum atomic E-state index is 0.578. The van der Waals surface area contributed by atoms with Crippen LogP contribution in [0.4, 0.5) is 39.8 Å². The van der Waals surface area contributed by atoms with Crippen molar-refractivity contribution in [1.82, 2.24) is 0 Å². The molecule has 0 unspecified atom stereocenters. The molecule has 6 heteroatoms. The number of fused-ring (bicyclic) bond motifs is 11. The van der Waals surface area contributed by atoms with E-state index in [0.717, 1.165) is 110 Å². The van der Waals surface area contributed by atoms with E-state index in [-0.39, 0.29) is 0 Å². The summed E-state index contributed by atoms with van der Waals surface area (Å²) in [5, 5.41) is 20.5. The second-order valence-electron chi connectivity index (χ2n) is 15.5. The van der Waals surface area contributed by atoms with Crippen LogP contribution in [0, 0.1) is 17.9 Å². The van der Waals surface area contributed by atoms with Crippen LogP contribution in [0.2, 0.25) is 0 Å². The van der Waals surface area contributed by atoms with Crippen molar-refractivity contribution in [3.63, 3.8) is 0 Å². The third-order valence-electron chi connectivity index (χ3n) is 12.1. The van der Waals surface area contributed by atoms with E-state index < -0.39 is 0 Å². The maximum Gasteiger partial charge on any atom is 0.187 e. The van der Waals surface area contributed by atoms with Crippen molar-refractivity contribution >= 4 is 116 Å². The van der Waals surface area contributed by atoms with Gasteiger partial charge in [0.25, 0.3) is 0 Å². The first kappa shape index (κ1) is 35.1. The zero-order valence-corrected chi connectivity index (χ0v) is 33.1. The Bertz CT molecular complexity index is 3590. The minimum Gasteiger partial charge on any atom is -0.456 e. The summed E-state index contributed by atoms with van der Waals surface area (Å²) >= 11 is 0. The van der Waals surface area contributed by atoms with Gasteiger partial charge in [0, 0.05) is 67.2 Å². The number of hydrogen-bond donors (Lipinski definition) is 0. The van der Waals surface area contributed by atoms with E-state index in [1.165, 1.54) is 0 Å². The Balaban J connectivity index is 1.13. The van der Waals surface area contributed by atoms with Gasteiger partial charge in [-0.05, 0) is 106 Å². The van der Waals surface area contributed by atoms with E-state index in [2.05, 4.69) is 130 Å². The molecule has 2 aromatic heterocycles. The highest BCUT2D eigenvalue weighted by molar-refractivity contribution is 6.25. The Labute approximate surface area is 355 Å². The number of nitriles is 1. The number of benzene rings is 10. The first-order chi connectivity index (χ1) is 30.6. The molecule has 0 aliphatic carbocycles. The van der Waals surface area contributed by atoms with E-state index in [9.17, 15) is 5.26 Å². The fraction of sp³-hybridized carbons (Fsp3) is 0. The number of hydrogen-bond acceptors (Lipinski definition) is 5. The molecule has 0 aliphatic rings. The lowest BCUT2D eigenvalue weighted by Crippen LogP contribution is -2.12. The van der Waals surface area contributed by atoms with Gasteiger partial charge in [0.2, 0.25) is 0 Å². The molecule has 12 rings (SSSR count). The molecule has 0 bridgehead atoms. The first-order valence-corrected chi connectivity index (χ1v) is 20.4. The monoisotopic (exact) mass is 792 g/mol. The second kappa shape index (κ2) is 13.9. The fourth-order valence-corrected chi connectivity index (χ4v) is 9.21. The van der Waals surface area contributed by atoms with Crippen LogP contribution in [-0.4, -0.2) is 0 Å². The van der Waals surface area contributed by atoms with Crippen LogP contribution in [0.5, 0.6) is 0 Å². The predicted octanol–water partition coefficient (Wildman–Crippen LogP) is 16.3. The maximum absolute atomic E-state index is 9.76. The van der Waals surface area contributed by atoms with Gasteiger partial charge in [0.05, 0.1) is 29.6 Å². The van der Waals surface area contributed by atoms with Crippen LogP contribution >= 0.6 is 0 Å². The van der Waals surface area contributed by atoms with Crippen LogP contribution in [0.15, 0.2) is 203 Å². The first-order valence-electron chi connectivity index (χ1n) is 20.4. The highest BCUT2D eigenvalue weighted by Crippen LogP contribution is 2.49. The molecule has 0 radical (unpaired) electrons. The predicted molar refractivity (Wildman–Crippen MR) is 254 cm³/mol. The number of furan rings is 2. The quantitative estimate of drug-likeness (QED) is 0.124. The lowest BCUT2D eigenvalue weighted by molar-refractivity contribution is 0.668. The molecule has 12 aromatic rings. The van der Waals surface area contributed by atoms with Crippen LogP contribution in [0.3, 0.4) is 0 Å². The Kier molecular flexibility index (Phi) is 7.87. The summed E-state index contributed by atoms with van der Waals surface area (Å²) in [5.74, 6) is 0. The SMILES string of the molecule is [C-]#[N+]c1ccc(N(c2ccc3c(c2)oc2ccccc23)c2cc3c4ccccc4c(N(c4ccc(C#N)cc4)c4ccc5c(c4)oc4ccccc45)cc3c3ccccc23)cc1. The molecule has 10 aromatic carbocycles. The van der Waals surface area contributed by atoms with E-state index >= 15 is 0 Å². The van der Waals surface area contributed by atoms with Crippen LogP contribution in [0.1, 0.15) is 5.56 Å². The second-order valence-corrected chi connectivity index (χ2v) is 15.5. The highest BCUT2D eigenvalue weighted by Gasteiger charge is 2.23. The molecule has 6 nitrogen and oxygen atoms in total. The molecular weight excluding hydrogens is 761 g/mol. The molecule has 0 N–H and O–H groups in total. The zero-order chi connectivity index (χ0) is 41.3. The Hall–Kier alpha value is -8.84. The van der Waals surface area contributed by atoms with Crippen molar-refractivity contribution in [3.05, 3.63) is 211 Å². The van der Waals surface area contributed by atoms with Gasteiger partial charge < -0.3 is 18.6 Å². The van der Waals surface area contributed by atoms with E-state index in [1.807, 2.05) is 84.9 Å². The summed E-state index contributed by atoms with van der Waals surface area (Å²) in [6.45, 7) is 7.68. The van der Waals surface area contributed by atoms with Crippen molar-refractivity contribution in [2.75, 3.05) is 9.80 Å². The van der Waals surface area contributed by atoms with Crippen LogP contribution in [0.25, 0.3) is 81.0 Å². The van der Waals surface area contributed by atoms with Gasteiger partial charge in [-0.2, -0.15) is 5.26 Å². The Morgan fingerprint density at radius 3 is 1.21 bits per heavy atom. The van der Waals surface area contributed by atoms with Crippen molar-refractivity contribution in [2.24, 2.45) is 0 Å². The van der Waals surface area contributed by atoms with E-state index in [1.54, 1.807) is 0 Å². The largest absolute Gasteiger partial charge is 0.456 e. The number of rotatable bonds is 6. The minimum absolute atomic E-state index is 0.578. The molecule has 288 valence electrons. The van der Waals surface area contributed by atoms with Crippen molar-refractivity contribution in [3.8, 4) is 6.07 Å². The van der Waals surface area contributed by atoms with E-state index in [0.29, 0.717) is 11.3 Å². The molecule has 0 aliphatic heterocycles. The Morgan fingerprint density at radius 2 is 0.758 bits per heavy atom. The molecule has 2 heterocycles. The summed E-state index contributed by atoms with van der Waals surface area (Å²) in [4.78, 5) is 8.24. The summed E-state index contributed by atoms with van der Waals surface area (Å²) in [6.07, 6.45) is 0. The number of para-hydroxylation sites is 2. The summed E-state index contributed by atoms with van der Waals surface area (Å²) < 4.78 is 12.9. The smallest absolute Gasteiger partial charge is 0.187 e. The molecule has 0 fully saturated rings. The van der Waals surface area contributed by atoms with Gasteiger partial charge in [0.15, 0.2) is 5.69 Å². The van der Waals surface area contributed by atoms with Crippen molar-refractivity contribution in [1.29, 1.82) is 5.26 Å². The third kappa shape index (κ3) is 5.49. The molecule has 0 amide bonds. The summed E-state index contributed by atoms with van der Waals surface area (Å²) in [6, 6.07) is 68.7. The van der Waals surface area contributed by atoms with Crippen LogP contribution < -0.4 is 9.80 Å². The van der Waals surface area contributed by atoms with E-state index in [4.69, 9.17) is 15.4 Å². The molecular formula is C56H32N4O2. The summed E-state index contributed by atoms with van der Waals surface area (Å²) in [7, 11) is 0. The normalized spacial score (nSPS) is 11.5. The Morgan fingerprint density at radius 1 is 0.371 bits per heavy atom. The van der Waals surface area contributed by atoms with Gasteiger partial charge in [-0.1, -0.05) is 97.1 Å². The van der Waals surface area contributed by atoms with Crippen LogP contribution in [-0.2, 0) is 0 Å². The average molecular weight is 793 g/mol. The molecule has 0 saturated carbocycles. The maximum atomic E-state index is 9.76. The third-order valence-corrected chi connectivity index (χ3v) is 12.1. The molecule has 0 spiro atoms. The number of anilines is 6. The van der Waals surface area contributed by atoms with Gasteiger partial charge >= 0.3 is 0 Å². The van der Waals surface area contributed by atoms with Crippen molar-refractivity contribution in [2.45, 2.75) is 0 Å². The van der Waals surface area contributed by atoms with Gasteiger partial charge in [-0.3, -0.25) is 0 Å². The lowest BCUT2D eigenvalue weighted by Gasteiger charge is -2.30. The highest BCUT2D eigenvalue weighted by atomic mass is 16.3. The topological polar surface area (TPSA) is 60.9 Å². The molecule has 0 atom stereocenters. The molecule has 62 heavy (non-hydrogen) atoms. The van der Waals surface area contributed by atoms with Gasteiger partial charge in [-0.25, -0.2) is 4.85 Å². The van der Waals surface area contributed by atoms with Gasteiger partial charge in [0.1, 0.15) is 22.3 Å². The lowest BCUT2D eigenvalue weighted by atomic mass is 9.93. The van der Waals surface area contributed by atoms with Gasteiger partial charge in [-0.15, -0.1) is 0 Å². The van der Waals surface area contributed by atoms with Crippen molar-refractivity contribution < 1.29 is 8.83 Å². The standard InChI is InChI=1S/C56H32N4O2/c1-58-36-20-24-38(25-21-36)60(40-27-29-48-46-15-7-9-17-54(46)62-56(48)31-40)52-33-50-41-10-2-4-12-43(41)51(32-49(50)42-11-3-5-13-44(42)52)59(37-22-18-35(34-57)19-23-37)39-26-28-47-45-14-6-8-16-53(45)61-55(47)30-39/h2-33H. The molecule has 0 saturated heterocycles. The zero-order valence-electron chi connectivity index (χ0n) is 33.1. The summed E-state index contributed by atoms with van der Waals surface area (Å²) in [5.41, 5.74) is 10.2. The fourth-order valence-electron chi connectivity index (χ4n) is 9.21.